The quantitative estimate of drug-likeness (QED) is 0.296. The molecule has 1 fully saturated rings. The predicted octanol–water partition coefficient (Wildman–Crippen LogP) is -0.521. The average Bonchev–Trinajstić information content (AvgIpc) is 2.95. The van der Waals surface area contributed by atoms with Crippen molar-refractivity contribution < 1.29 is 10.0 Å². The molecule has 1 aromatic heterocycles. The number of oxime groups is 1. The van der Waals surface area contributed by atoms with Crippen molar-refractivity contribution in [2.24, 2.45) is 10.9 Å². The van der Waals surface area contributed by atoms with E-state index in [2.05, 4.69) is 25.0 Å². The minimum Gasteiger partial charge on any atom is -0.409 e. The lowest BCUT2D eigenvalue weighted by molar-refractivity contribution is 0.0909. The van der Waals surface area contributed by atoms with Gasteiger partial charge in [0, 0.05) is 24.5 Å². The van der Waals surface area contributed by atoms with Gasteiger partial charge in [0.25, 0.3) is 5.91 Å². The van der Waals surface area contributed by atoms with Crippen LogP contribution in [-0.2, 0) is 0 Å². The lowest BCUT2D eigenvalue weighted by Gasteiger charge is -2.31. The van der Waals surface area contributed by atoms with Crippen molar-refractivity contribution in [3.8, 4) is 0 Å². The molecule has 8 nitrogen and oxygen atoms in total. The van der Waals surface area contributed by atoms with Crippen LogP contribution in [0, 0.1) is 0 Å². The Morgan fingerprint density at radius 2 is 2.37 bits per heavy atom. The van der Waals surface area contributed by atoms with Gasteiger partial charge in [-0.15, -0.1) is 5.10 Å². The number of rotatable bonds is 4. The van der Waals surface area contributed by atoms with Crippen molar-refractivity contribution in [2.45, 2.75) is 18.9 Å². The monoisotopic (exact) mass is 284 g/mol. The normalized spacial score (nSPS) is 18.4. The molecular formula is C10H16N6O2S. The molecule has 1 amide bonds. The van der Waals surface area contributed by atoms with Gasteiger partial charge >= 0.3 is 0 Å². The summed E-state index contributed by atoms with van der Waals surface area (Å²) in [5.41, 5.74) is 5.82. The van der Waals surface area contributed by atoms with E-state index in [-0.39, 0.29) is 17.8 Å². The Kier molecular flexibility index (Phi) is 4.63. The fourth-order valence-corrected chi connectivity index (χ4v) is 2.46. The molecular weight excluding hydrogens is 268 g/mol. The SMILES string of the molecule is NC(CN1CCC(NC(=O)c2csnn2)CC1)=NO. The van der Waals surface area contributed by atoms with Gasteiger partial charge in [0.2, 0.25) is 0 Å². The van der Waals surface area contributed by atoms with Crippen LogP contribution in [0.5, 0.6) is 0 Å². The average molecular weight is 284 g/mol. The summed E-state index contributed by atoms with van der Waals surface area (Å²) in [4.78, 5) is 13.9. The Bertz CT molecular complexity index is 441. The highest BCUT2D eigenvalue weighted by Crippen LogP contribution is 2.10. The molecule has 0 spiro atoms. The highest BCUT2D eigenvalue weighted by Gasteiger charge is 2.22. The van der Waals surface area contributed by atoms with Crippen molar-refractivity contribution in [3.63, 3.8) is 0 Å². The first-order chi connectivity index (χ1) is 9.19. The molecule has 0 atom stereocenters. The second-order valence-corrected chi connectivity index (χ2v) is 5.02. The Hall–Kier alpha value is -1.74. The standard InChI is InChI=1S/C10H16N6O2S/c11-9(14-18)5-16-3-1-7(2-4-16)12-10(17)8-6-19-15-13-8/h6-7,18H,1-5H2,(H2,11,14)(H,12,17). The third-order valence-electron chi connectivity index (χ3n) is 3.03. The molecule has 4 N–H and O–H groups in total. The molecule has 0 saturated carbocycles. The molecule has 0 radical (unpaired) electrons. The largest absolute Gasteiger partial charge is 0.409 e. The van der Waals surface area contributed by atoms with Crippen LogP contribution in [0.4, 0.5) is 0 Å². The topological polar surface area (TPSA) is 117 Å². The molecule has 0 aromatic carbocycles. The minimum atomic E-state index is -0.177. The second-order valence-electron chi connectivity index (χ2n) is 4.41. The molecule has 0 aliphatic carbocycles. The zero-order valence-corrected chi connectivity index (χ0v) is 11.1. The van der Waals surface area contributed by atoms with Crippen LogP contribution >= 0.6 is 11.5 Å². The van der Waals surface area contributed by atoms with Crippen molar-refractivity contribution in [1.29, 1.82) is 0 Å². The summed E-state index contributed by atoms with van der Waals surface area (Å²) in [5, 5.41) is 19.8. The highest BCUT2D eigenvalue weighted by molar-refractivity contribution is 7.03. The Morgan fingerprint density at radius 3 is 2.95 bits per heavy atom. The zero-order chi connectivity index (χ0) is 13.7. The van der Waals surface area contributed by atoms with Crippen molar-refractivity contribution in [1.82, 2.24) is 19.8 Å². The molecule has 19 heavy (non-hydrogen) atoms. The number of carbonyl (C=O) groups is 1. The van der Waals surface area contributed by atoms with Gasteiger partial charge in [0.05, 0.1) is 6.54 Å². The van der Waals surface area contributed by atoms with Crippen LogP contribution in [-0.4, -0.2) is 57.1 Å². The van der Waals surface area contributed by atoms with E-state index in [0.29, 0.717) is 12.2 Å². The number of piperidine rings is 1. The maximum Gasteiger partial charge on any atom is 0.272 e. The van der Waals surface area contributed by atoms with E-state index in [0.717, 1.165) is 37.5 Å². The lowest BCUT2D eigenvalue weighted by Crippen LogP contribution is -2.46. The number of nitrogens with zero attached hydrogens (tertiary/aromatic N) is 4. The molecule has 9 heteroatoms. The number of hydrogen-bond donors (Lipinski definition) is 3. The number of nitrogens with two attached hydrogens (primary N) is 1. The fourth-order valence-electron chi connectivity index (χ4n) is 2.02. The first-order valence-corrected chi connectivity index (χ1v) is 6.79. The number of likely N-dealkylation sites (tertiary alicyclic amines) is 1. The van der Waals surface area contributed by atoms with Crippen LogP contribution in [0.2, 0.25) is 0 Å². The van der Waals surface area contributed by atoms with Gasteiger partial charge < -0.3 is 16.3 Å². The summed E-state index contributed by atoms with van der Waals surface area (Å²) in [6.07, 6.45) is 1.67. The first-order valence-electron chi connectivity index (χ1n) is 5.95. The third-order valence-corrected chi connectivity index (χ3v) is 3.53. The molecule has 1 aliphatic heterocycles. The van der Waals surface area contributed by atoms with Gasteiger partial charge in [-0.3, -0.25) is 9.69 Å². The summed E-state index contributed by atoms with van der Waals surface area (Å²) < 4.78 is 3.66. The molecule has 2 rings (SSSR count). The summed E-state index contributed by atoms with van der Waals surface area (Å²) in [6, 6.07) is 0.137. The number of aromatic nitrogens is 2. The van der Waals surface area contributed by atoms with E-state index < -0.39 is 0 Å². The minimum absolute atomic E-state index is 0.137. The molecule has 0 bridgehead atoms. The summed E-state index contributed by atoms with van der Waals surface area (Å²) in [5.74, 6) is 0.0275. The number of amides is 1. The fraction of sp³-hybridized carbons (Fsp3) is 0.600. The van der Waals surface area contributed by atoms with Gasteiger partial charge in [0.1, 0.15) is 0 Å². The maximum atomic E-state index is 11.8. The summed E-state index contributed by atoms with van der Waals surface area (Å²) in [6.45, 7) is 2.06. The first kappa shape index (κ1) is 13.7. The third kappa shape index (κ3) is 3.86. The van der Waals surface area contributed by atoms with E-state index in [4.69, 9.17) is 10.9 Å². The van der Waals surface area contributed by atoms with E-state index >= 15 is 0 Å². The molecule has 0 unspecified atom stereocenters. The molecule has 1 saturated heterocycles. The summed E-state index contributed by atoms with van der Waals surface area (Å²) >= 11 is 1.16. The highest BCUT2D eigenvalue weighted by atomic mass is 32.1. The van der Waals surface area contributed by atoms with Crippen LogP contribution in [0.3, 0.4) is 0 Å². The molecule has 1 aliphatic rings. The number of carbonyl (C=O) groups excluding carboxylic acids is 1. The summed E-state index contributed by atoms with van der Waals surface area (Å²) in [7, 11) is 0. The number of amidine groups is 1. The number of nitrogens with one attached hydrogen (secondary N) is 1. The van der Waals surface area contributed by atoms with E-state index in [1.54, 1.807) is 5.38 Å². The van der Waals surface area contributed by atoms with Gasteiger partial charge in [-0.25, -0.2) is 0 Å². The Labute approximate surface area is 114 Å². The second kappa shape index (κ2) is 6.43. The van der Waals surface area contributed by atoms with E-state index in [1.807, 2.05) is 0 Å². The van der Waals surface area contributed by atoms with Gasteiger partial charge in [-0.1, -0.05) is 9.64 Å². The van der Waals surface area contributed by atoms with E-state index in [9.17, 15) is 4.79 Å². The Morgan fingerprint density at radius 1 is 1.63 bits per heavy atom. The lowest BCUT2D eigenvalue weighted by atomic mass is 10.0. The van der Waals surface area contributed by atoms with Crippen LogP contribution < -0.4 is 11.1 Å². The van der Waals surface area contributed by atoms with Crippen LogP contribution in [0.25, 0.3) is 0 Å². The van der Waals surface area contributed by atoms with Gasteiger partial charge in [0.15, 0.2) is 11.5 Å². The van der Waals surface area contributed by atoms with Crippen molar-refractivity contribution in [2.75, 3.05) is 19.6 Å². The molecule has 1 aromatic rings. The smallest absolute Gasteiger partial charge is 0.272 e. The van der Waals surface area contributed by atoms with Crippen LogP contribution in [0.15, 0.2) is 10.5 Å². The molecule has 2 heterocycles. The van der Waals surface area contributed by atoms with Crippen molar-refractivity contribution >= 4 is 23.3 Å². The van der Waals surface area contributed by atoms with E-state index in [1.165, 1.54) is 0 Å². The Balaban J connectivity index is 1.76. The van der Waals surface area contributed by atoms with Gasteiger partial charge in [-0.2, -0.15) is 0 Å². The van der Waals surface area contributed by atoms with Crippen molar-refractivity contribution in [3.05, 3.63) is 11.1 Å². The van der Waals surface area contributed by atoms with Gasteiger partial charge in [-0.05, 0) is 24.4 Å². The molecule has 104 valence electrons. The van der Waals surface area contributed by atoms with Crippen LogP contribution in [0.1, 0.15) is 23.3 Å². The number of hydrogen-bond acceptors (Lipinski definition) is 7. The maximum absolute atomic E-state index is 11.8. The predicted molar refractivity (Wildman–Crippen MR) is 70.2 cm³/mol. The zero-order valence-electron chi connectivity index (χ0n) is 10.3.